The number of aromatic nitrogens is 3. The quantitative estimate of drug-likeness (QED) is 0.623. The largest absolute Gasteiger partial charge is 0.474 e. The maximum Gasteiger partial charge on any atom is 0.213 e. The Balaban J connectivity index is 1.20. The lowest BCUT2D eigenvalue weighted by atomic mass is 9.98. The highest BCUT2D eigenvalue weighted by Crippen LogP contribution is 2.24. The molecule has 5 rings (SSSR count). The molecule has 1 saturated carbocycles. The van der Waals surface area contributed by atoms with Crippen molar-refractivity contribution in [3.05, 3.63) is 65.6 Å². The number of benzene rings is 1. The molecular formula is C25H29N5O. The van der Waals surface area contributed by atoms with Crippen LogP contribution in [0.4, 0.5) is 5.69 Å². The number of nitrogens with zero attached hydrogens (tertiary/aromatic N) is 4. The van der Waals surface area contributed by atoms with E-state index in [1.54, 1.807) is 0 Å². The summed E-state index contributed by atoms with van der Waals surface area (Å²) in [6, 6.07) is 11.9. The molecule has 1 aromatic carbocycles. The van der Waals surface area contributed by atoms with Crippen LogP contribution in [0.15, 0.2) is 48.8 Å². The summed E-state index contributed by atoms with van der Waals surface area (Å²) in [6.07, 6.45) is 11.4. The molecule has 0 spiro atoms. The van der Waals surface area contributed by atoms with Crippen LogP contribution in [0.3, 0.4) is 0 Å². The lowest BCUT2D eigenvalue weighted by Gasteiger charge is -2.28. The van der Waals surface area contributed by atoms with Gasteiger partial charge in [-0.2, -0.15) is 0 Å². The van der Waals surface area contributed by atoms with Crippen molar-refractivity contribution in [3.8, 4) is 17.3 Å². The van der Waals surface area contributed by atoms with E-state index in [1.807, 2.05) is 42.7 Å². The van der Waals surface area contributed by atoms with Crippen LogP contribution in [0, 0.1) is 0 Å². The molecule has 2 aromatic heterocycles. The summed E-state index contributed by atoms with van der Waals surface area (Å²) in [5, 5.41) is 0. The van der Waals surface area contributed by atoms with Crippen LogP contribution < -0.4 is 10.5 Å². The number of rotatable bonds is 5. The second kappa shape index (κ2) is 9.02. The summed E-state index contributed by atoms with van der Waals surface area (Å²) < 4.78 is 6.05. The lowest BCUT2D eigenvalue weighted by Crippen LogP contribution is -2.31. The highest BCUT2D eigenvalue weighted by Gasteiger charge is 2.20. The number of nitrogen functional groups attached to an aromatic ring is 1. The lowest BCUT2D eigenvalue weighted by molar-refractivity contribution is 0.148. The molecule has 0 unspecified atom stereocenters. The molecule has 0 saturated heterocycles. The minimum absolute atomic E-state index is 0.337. The first kappa shape index (κ1) is 19.9. The molecule has 1 aliphatic heterocycles. The van der Waals surface area contributed by atoms with Gasteiger partial charge in [-0.3, -0.25) is 4.90 Å². The molecule has 6 heteroatoms. The third-order valence-corrected chi connectivity index (χ3v) is 6.23. The van der Waals surface area contributed by atoms with Gasteiger partial charge in [0.15, 0.2) is 5.82 Å². The van der Waals surface area contributed by atoms with Crippen molar-refractivity contribution < 1.29 is 4.74 Å². The number of ether oxygens (including phenoxy) is 1. The number of hydrogen-bond acceptors (Lipinski definition) is 6. The van der Waals surface area contributed by atoms with E-state index >= 15 is 0 Å². The second-order valence-corrected chi connectivity index (χ2v) is 8.63. The third-order valence-electron chi connectivity index (χ3n) is 6.23. The zero-order chi connectivity index (χ0) is 21.0. The molecule has 1 aliphatic carbocycles. The summed E-state index contributed by atoms with van der Waals surface area (Å²) in [6.45, 7) is 2.71. The minimum atomic E-state index is 0.337. The van der Waals surface area contributed by atoms with Gasteiger partial charge in [-0.25, -0.2) is 15.0 Å². The Hall–Kier alpha value is -2.99. The normalized spacial score (nSPS) is 17.3. The Labute approximate surface area is 183 Å². The van der Waals surface area contributed by atoms with Gasteiger partial charge in [0.2, 0.25) is 5.88 Å². The van der Waals surface area contributed by atoms with E-state index in [4.69, 9.17) is 15.5 Å². The van der Waals surface area contributed by atoms with Crippen LogP contribution >= 0.6 is 0 Å². The van der Waals surface area contributed by atoms with Crippen molar-refractivity contribution in [2.75, 3.05) is 12.3 Å². The van der Waals surface area contributed by atoms with E-state index in [-0.39, 0.29) is 0 Å². The summed E-state index contributed by atoms with van der Waals surface area (Å²) in [5.74, 6) is 1.52. The molecular weight excluding hydrogens is 386 g/mol. The Bertz CT molecular complexity index is 1010. The minimum Gasteiger partial charge on any atom is -0.474 e. The summed E-state index contributed by atoms with van der Waals surface area (Å²) in [4.78, 5) is 16.4. The smallest absolute Gasteiger partial charge is 0.213 e. The molecule has 160 valence electrons. The Morgan fingerprint density at radius 3 is 2.58 bits per heavy atom. The van der Waals surface area contributed by atoms with E-state index in [1.165, 1.54) is 30.4 Å². The fourth-order valence-corrected chi connectivity index (χ4v) is 4.47. The Kier molecular flexibility index (Phi) is 5.80. The van der Waals surface area contributed by atoms with E-state index in [9.17, 15) is 0 Å². The molecule has 3 aromatic rings. The van der Waals surface area contributed by atoms with Gasteiger partial charge in [0, 0.05) is 61.3 Å². The van der Waals surface area contributed by atoms with Crippen LogP contribution in [0.1, 0.15) is 48.9 Å². The van der Waals surface area contributed by atoms with Gasteiger partial charge >= 0.3 is 0 Å². The van der Waals surface area contributed by atoms with Gasteiger partial charge in [-0.1, -0.05) is 12.5 Å². The number of nitrogens with two attached hydrogens (primary N) is 1. The molecule has 0 radical (unpaired) electrons. The van der Waals surface area contributed by atoms with Gasteiger partial charge < -0.3 is 10.5 Å². The zero-order valence-corrected chi connectivity index (χ0v) is 17.8. The Morgan fingerprint density at radius 1 is 0.968 bits per heavy atom. The molecule has 1 fully saturated rings. The SMILES string of the molecule is Nc1ccc(-c2ncc3c(n2)CCN(Cc2ccc(OC4CCCCC4)nc2)C3)cc1. The predicted molar refractivity (Wildman–Crippen MR) is 121 cm³/mol. The van der Waals surface area contributed by atoms with Gasteiger partial charge in [0.25, 0.3) is 0 Å². The van der Waals surface area contributed by atoms with Crippen LogP contribution in [-0.2, 0) is 19.5 Å². The van der Waals surface area contributed by atoms with Crippen LogP contribution in [-0.4, -0.2) is 32.5 Å². The average molecular weight is 416 g/mol. The molecule has 3 heterocycles. The fraction of sp³-hybridized carbons (Fsp3) is 0.400. The molecule has 0 atom stereocenters. The van der Waals surface area contributed by atoms with Gasteiger partial charge in [0.1, 0.15) is 6.10 Å². The molecule has 0 amide bonds. The van der Waals surface area contributed by atoms with Crippen molar-refractivity contribution in [3.63, 3.8) is 0 Å². The number of hydrogen-bond donors (Lipinski definition) is 1. The molecule has 0 bridgehead atoms. The van der Waals surface area contributed by atoms with Crippen LogP contribution in [0.25, 0.3) is 11.4 Å². The fourth-order valence-electron chi connectivity index (χ4n) is 4.47. The number of anilines is 1. The van der Waals surface area contributed by atoms with E-state index in [0.29, 0.717) is 6.10 Å². The van der Waals surface area contributed by atoms with Crippen molar-refractivity contribution >= 4 is 5.69 Å². The molecule has 6 nitrogen and oxygen atoms in total. The predicted octanol–water partition coefficient (Wildman–Crippen LogP) is 4.39. The number of fused-ring (bicyclic) bond motifs is 1. The first-order chi connectivity index (χ1) is 15.2. The second-order valence-electron chi connectivity index (χ2n) is 8.63. The van der Waals surface area contributed by atoms with Gasteiger partial charge in [-0.15, -0.1) is 0 Å². The highest BCUT2D eigenvalue weighted by atomic mass is 16.5. The average Bonchev–Trinajstić information content (AvgIpc) is 2.81. The number of pyridine rings is 1. The first-order valence-electron chi connectivity index (χ1n) is 11.3. The first-order valence-corrected chi connectivity index (χ1v) is 11.3. The molecule has 31 heavy (non-hydrogen) atoms. The van der Waals surface area contributed by atoms with Crippen molar-refractivity contribution in [2.24, 2.45) is 0 Å². The van der Waals surface area contributed by atoms with Gasteiger partial charge in [-0.05, 0) is 55.5 Å². The maximum absolute atomic E-state index is 6.05. The van der Waals surface area contributed by atoms with Crippen LogP contribution in [0.2, 0.25) is 0 Å². The maximum atomic E-state index is 6.05. The van der Waals surface area contributed by atoms with Crippen LogP contribution in [0.5, 0.6) is 5.88 Å². The van der Waals surface area contributed by atoms with E-state index in [2.05, 4.69) is 20.9 Å². The topological polar surface area (TPSA) is 77.2 Å². The van der Waals surface area contributed by atoms with Crippen molar-refractivity contribution in [1.29, 1.82) is 0 Å². The molecule has 2 N–H and O–H groups in total. The summed E-state index contributed by atoms with van der Waals surface area (Å²) in [5.41, 5.74) is 11.1. The van der Waals surface area contributed by atoms with E-state index < -0.39 is 0 Å². The summed E-state index contributed by atoms with van der Waals surface area (Å²) >= 11 is 0. The van der Waals surface area contributed by atoms with Crippen molar-refractivity contribution in [1.82, 2.24) is 19.9 Å². The third kappa shape index (κ3) is 4.85. The monoisotopic (exact) mass is 415 g/mol. The van der Waals surface area contributed by atoms with Gasteiger partial charge in [0.05, 0.1) is 5.69 Å². The molecule has 2 aliphatic rings. The Morgan fingerprint density at radius 2 is 1.81 bits per heavy atom. The van der Waals surface area contributed by atoms with Crippen molar-refractivity contribution in [2.45, 2.75) is 57.7 Å². The van der Waals surface area contributed by atoms with E-state index in [0.717, 1.165) is 67.5 Å². The zero-order valence-electron chi connectivity index (χ0n) is 17.8. The standard InChI is InChI=1S/C25H29N5O/c26-21-9-7-19(8-10-21)25-28-15-20-17-30(13-12-23(20)29-25)16-18-6-11-24(27-14-18)31-22-4-2-1-3-5-22/h6-11,14-15,22H,1-5,12-13,16-17,26H2. The highest BCUT2D eigenvalue weighted by molar-refractivity contribution is 5.58. The summed E-state index contributed by atoms with van der Waals surface area (Å²) in [7, 11) is 0.